The van der Waals surface area contributed by atoms with Crippen LogP contribution in [0.1, 0.15) is 31.4 Å². The normalized spacial score (nSPS) is 18.3. The van der Waals surface area contributed by atoms with Crippen LogP contribution in [0, 0.1) is 11.7 Å². The number of hydrogen-bond acceptors (Lipinski definition) is 3. The second-order valence-electron chi connectivity index (χ2n) is 5.32. The second-order valence-corrected chi connectivity index (χ2v) is 5.32. The predicted molar refractivity (Wildman–Crippen MR) is 73.8 cm³/mol. The summed E-state index contributed by atoms with van der Waals surface area (Å²) in [4.78, 5) is 2.11. The highest BCUT2D eigenvalue weighted by molar-refractivity contribution is 5.54. The Morgan fingerprint density at radius 3 is 2.74 bits per heavy atom. The van der Waals surface area contributed by atoms with Gasteiger partial charge in [0.1, 0.15) is 5.82 Å². The standard InChI is InChI=1S/C15H22FNO2/c1-11(18)14-9-13(16)3-4-15(14)17(2)10-12-5-7-19-8-6-12/h3-4,9,11-12,18H,5-8,10H2,1-2H3/t11-/m1/s1. The van der Waals surface area contributed by atoms with Crippen LogP contribution in [0.4, 0.5) is 10.1 Å². The molecule has 1 saturated heterocycles. The van der Waals surface area contributed by atoms with Gasteiger partial charge in [-0.05, 0) is 43.9 Å². The van der Waals surface area contributed by atoms with Gasteiger partial charge in [0, 0.05) is 38.1 Å². The molecule has 1 aromatic carbocycles. The van der Waals surface area contributed by atoms with Crippen molar-refractivity contribution in [3.05, 3.63) is 29.6 Å². The Morgan fingerprint density at radius 2 is 2.11 bits per heavy atom. The zero-order valence-electron chi connectivity index (χ0n) is 11.6. The van der Waals surface area contributed by atoms with Crippen LogP contribution in [0.2, 0.25) is 0 Å². The molecule has 0 saturated carbocycles. The fraction of sp³-hybridized carbons (Fsp3) is 0.600. The number of aliphatic hydroxyl groups is 1. The molecule has 4 heteroatoms. The van der Waals surface area contributed by atoms with E-state index in [9.17, 15) is 9.50 Å². The van der Waals surface area contributed by atoms with Crippen LogP contribution < -0.4 is 4.90 Å². The van der Waals surface area contributed by atoms with Gasteiger partial charge in [0.15, 0.2) is 0 Å². The molecular formula is C15H22FNO2. The summed E-state index contributed by atoms with van der Waals surface area (Å²) in [6, 6.07) is 4.61. The van der Waals surface area contributed by atoms with Crippen molar-refractivity contribution < 1.29 is 14.2 Å². The lowest BCUT2D eigenvalue weighted by Gasteiger charge is -2.30. The van der Waals surface area contributed by atoms with Crippen molar-refractivity contribution in [2.45, 2.75) is 25.9 Å². The van der Waals surface area contributed by atoms with Crippen molar-refractivity contribution in [3.63, 3.8) is 0 Å². The lowest BCUT2D eigenvalue weighted by molar-refractivity contribution is 0.0685. The van der Waals surface area contributed by atoms with E-state index in [0.717, 1.165) is 38.3 Å². The summed E-state index contributed by atoms with van der Waals surface area (Å²) in [5.41, 5.74) is 1.55. The molecule has 0 unspecified atom stereocenters. The minimum absolute atomic E-state index is 0.306. The molecule has 0 aliphatic carbocycles. The number of anilines is 1. The van der Waals surface area contributed by atoms with E-state index >= 15 is 0 Å². The average Bonchev–Trinajstić information content (AvgIpc) is 2.39. The largest absolute Gasteiger partial charge is 0.389 e. The Balaban J connectivity index is 2.11. The first kappa shape index (κ1) is 14.3. The SMILES string of the molecule is C[C@@H](O)c1cc(F)ccc1N(C)CC1CCOCC1. The zero-order chi connectivity index (χ0) is 13.8. The third kappa shape index (κ3) is 3.67. The molecule has 1 N–H and O–H groups in total. The summed E-state index contributed by atoms with van der Waals surface area (Å²) in [5.74, 6) is 0.296. The monoisotopic (exact) mass is 267 g/mol. The lowest BCUT2D eigenvalue weighted by Crippen LogP contribution is -2.30. The summed E-state index contributed by atoms with van der Waals surface area (Å²) in [7, 11) is 1.99. The number of benzene rings is 1. The molecule has 19 heavy (non-hydrogen) atoms. The molecule has 0 aromatic heterocycles. The predicted octanol–water partition coefficient (Wildman–Crippen LogP) is 2.74. The molecule has 0 amide bonds. The van der Waals surface area contributed by atoms with E-state index in [1.165, 1.54) is 12.1 Å². The second kappa shape index (κ2) is 6.35. The Hall–Kier alpha value is -1.13. The quantitative estimate of drug-likeness (QED) is 0.910. The summed E-state index contributed by atoms with van der Waals surface area (Å²) in [6.07, 6.45) is 1.47. The van der Waals surface area contributed by atoms with E-state index in [-0.39, 0.29) is 5.82 Å². The molecule has 1 fully saturated rings. The molecule has 1 aliphatic rings. The van der Waals surface area contributed by atoms with Gasteiger partial charge in [-0.15, -0.1) is 0 Å². The van der Waals surface area contributed by atoms with Crippen LogP contribution >= 0.6 is 0 Å². The number of nitrogens with zero attached hydrogens (tertiary/aromatic N) is 1. The van der Waals surface area contributed by atoms with Gasteiger partial charge in [0.2, 0.25) is 0 Å². The maximum atomic E-state index is 13.3. The number of rotatable bonds is 4. The van der Waals surface area contributed by atoms with Crippen molar-refractivity contribution >= 4 is 5.69 Å². The van der Waals surface area contributed by atoms with Gasteiger partial charge in [0.05, 0.1) is 6.10 Å². The Kier molecular flexibility index (Phi) is 4.77. The molecule has 0 radical (unpaired) electrons. The molecule has 0 bridgehead atoms. The molecule has 1 atom stereocenters. The van der Waals surface area contributed by atoms with E-state index in [2.05, 4.69) is 4.90 Å². The lowest BCUT2D eigenvalue weighted by atomic mass is 9.99. The van der Waals surface area contributed by atoms with Gasteiger partial charge in [0.25, 0.3) is 0 Å². The van der Waals surface area contributed by atoms with Gasteiger partial charge < -0.3 is 14.7 Å². The molecule has 1 heterocycles. The maximum Gasteiger partial charge on any atom is 0.123 e. The maximum absolute atomic E-state index is 13.3. The topological polar surface area (TPSA) is 32.7 Å². The smallest absolute Gasteiger partial charge is 0.123 e. The van der Waals surface area contributed by atoms with Crippen molar-refractivity contribution in [2.24, 2.45) is 5.92 Å². The van der Waals surface area contributed by atoms with Crippen LogP contribution in [0.15, 0.2) is 18.2 Å². The van der Waals surface area contributed by atoms with Gasteiger partial charge in [-0.25, -0.2) is 4.39 Å². The first-order valence-corrected chi connectivity index (χ1v) is 6.84. The Bertz CT molecular complexity index is 417. The minimum Gasteiger partial charge on any atom is -0.389 e. The van der Waals surface area contributed by atoms with Crippen LogP contribution in [-0.4, -0.2) is 31.9 Å². The molecular weight excluding hydrogens is 245 g/mol. The molecule has 0 spiro atoms. The van der Waals surface area contributed by atoms with Crippen molar-refractivity contribution in [3.8, 4) is 0 Å². The van der Waals surface area contributed by atoms with E-state index in [1.807, 2.05) is 7.05 Å². The van der Waals surface area contributed by atoms with Crippen molar-refractivity contribution in [1.82, 2.24) is 0 Å². The van der Waals surface area contributed by atoms with E-state index in [4.69, 9.17) is 4.74 Å². The fourth-order valence-corrected chi connectivity index (χ4v) is 2.62. The highest BCUT2D eigenvalue weighted by Gasteiger charge is 2.18. The highest BCUT2D eigenvalue weighted by Crippen LogP contribution is 2.28. The summed E-state index contributed by atoms with van der Waals surface area (Å²) in [5, 5.41) is 9.77. The fourth-order valence-electron chi connectivity index (χ4n) is 2.62. The van der Waals surface area contributed by atoms with Crippen LogP contribution in [0.3, 0.4) is 0 Å². The number of halogens is 1. The Labute approximate surface area is 114 Å². The van der Waals surface area contributed by atoms with E-state index in [1.54, 1.807) is 13.0 Å². The zero-order valence-corrected chi connectivity index (χ0v) is 11.6. The first-order chi connectivity index (χ1) is 9.08. The third-order valence-electron chi connectivity index (χ3n) is 3.72. The molecule has 106 valence electrons. The molecule has 3 nitrogen and oxygen atoms in total. The van der Waals surface area contributed by atoms with E-state index in [0.29, 0.717) is 11.5 Å². The number of hydrogen-bond donors (Lipinski definition) is 1. The number of ether oxygens (including phenoxy) is 1. The van der Waals surface area contributed by atoms with Gasteiger partial charge in [-0.3, -0.25) is 0 Å². The number of aliphatic hydroxyl groups excluding tert-OH is 1. The minimum atomic E-state index is -0.664. The molecule has 2 rings (SSSR count). The van der Waals surface area contributed by atoms with E-state index < -0.39 is 6.10 Å². The van der Waals surface area contributed by atoms with Crippen LogP contribution in [-0.2, 0) is 4.74 Å². The first-order valence-electron chi connectivity index (χ1n) is 6.84. The van der Waals surface area contributed by atoms with Crippen LogP contribution in [0.25, 0.3) is 0 Å². The third-order valence-corrected chi connectivity index (χ3v) is 3.72. The van der Waals surface area contributed by atoms with Gasteiger partial charge >= 0.3 is 0 Å². The molecule has 1 aromatic rings. The van der Waals surface area contributed by atoms with Crippen LogP contribution in [0.5, 0.6) is 0 Å². The summed E-state index contributed by atoms with van der Waals surface area (Å²) in [6.45, 7) is 4.23. The van der Waals surface area contributed by atoms with Crippen molar-refractivity contribution in [2.75, 3.05) is 31.7 Å². The molecule has 1 aliphatic heterocycles. The van der Waals surface area contributed by atoms with Crippen molar-refractivity contribution in [1.29, 1.82) is 0 Å². The summed E-state index contributed by atoms with van der Waals surface area (Å²) >= 11 is 0. The average molecular weight is 267 g/mol. The van der Waals surface area contributed by atoms with Gasteiger partial charge in [-0.2, -0.15) is 0 Å². The highest BCUT2D eigenvalue weighted by atomic mass is 19.1. The summed E-state index contributed by atoms with van der Waals surface area (Å²) < 4.78 is 18.6. The Morgan fingerprint density at radius 1 is 1.42 bits per heavy atom. The van der Waals surface area contributed by atoms with Gasteiger partial charge in [-0.1, -0.05) is 0 Å².